The van der Waals surface area contributed by atoms with Gasteiger partial charge in [0.05, 0.1) is 23.3 Å². The van der Waals surface area contributed by atoms with E-state index in [1.165, 1.54) is 0 Å². The van der Waals surface area contributed by atoms with Crippen LogP contribution in [0.5, 0.6) is 0 Å². The van der Waals surface area contributed by atoms with Crippen molar-refractivity contribution in [1.29, 1.82) is 0 Å². The summed E-state index contributed by atoms with van der Waals surface area (Å²) < 4.78 is 4.00. The second kappa shape index (κ2) is 5.63. The first-order valence-electron chi connectivity index (χ1n) is 8.10. The molecule has 0 saturated carbocycles. The van der Waals surface area contributed by atoms with E-state index in [-0.39, 0.29) is 5.56 Å². The van der Waals surface area contributed by atoms with E-state index in [0.29, 0.717) is 17.8 Å². The van der Waals surface area contributed by atoms with Crippen molar-refractivity contribution in [2.75, 3.05) is 0 Å². The van der Waals surface area contributed by atoms with Crippen LogP contribution in [-0.2, 0) is 13.0 Å². The number of imidazole rings is 1. The summed E-state index contributed by atoms with van der Waals surface area (Å²) in [4.78, 5) is 16.7. The molecule has 0 aromatic carbocycles. The van der Waals surface area contributed by atoms with Crippen LogP contribution in [0.2, 0.25) is 0 Å². The smallest absolute Gasteiger partial charge is 0.273 e. The molecular formula is C18H19N5O. The second-order valence-electron chi connectivity index (χ2n) is 6.55. The molecule has 0 amide bonds. The van der Waals surface area contributed by atoms with Crippen LogP contribution in [0, 0.1) is 5.92 Å². The first-order chi connectivity index (χ1) is 11.6. The molecule has 6 heteroatoms. The van der Waals surface area contributed by atoms with Crippen LogP contribution < -0.4 is 5.56 Å². The Bertz CT molecular complexity index is 1040. The summed E-state index contributed by atoms with van der Waals surface area (Å²) in [6.45, 7) is 4.91. The average Bonchev–Trinajstić information content (AvgIpc) is 3.14. The summed E-state index contributed by atoms with van der Waals surface area (Å²) in [6.07, 6.45) is 8.71. The maximum Gasteiger partial charge on any atom is 0.273 e. The lowest BCUT2D eigenvalue weighted by molar-refractivity contribution is 0.631. The predicted molar refractivity (Wildman–Crippen MR) is 93.2 cm³/mol. The van der Waals surface area contributed by atoms with Crippen molar-refractivity contribution in [3.63, 3.8) is 0 Å². The highest BCUT2D eigenvalue weighted by Gasteiger charge is 2.12. The van der Waals surface area contributed by atoms with Gasteiger partial charge in [-0.05, 0) is 24.5 Å². The molecule has 122 valence electrons. The number of aromatic nitrogens is 5. The number of hydrogen-bond donors (Lipinski definition) is 1. The van der Waals surface area contributed by atoms with Gasteiger partial charge in [-0.3, -0.25) is 4.79 Å². The number of rotatable bonds is 4. The van der Waals surface area contributed by atoms with Crippen LogP contribution in [0.4, 0.5) is 0 Å². The van der Waals surface area contributed by atoms with Gasteiger partial charge >= 0.3 is 0 Å². The molecule has 0 bridgehead atoms. The van der Waals surface area contributed by atoms with Crippen LogP contribution in [-0.4, -0.2) is 24.1 Å². The summed E-state index contributed by atoms with van der Waals surface area (Å²) >= 11 is 0. The van der Waals surface area contributed by atoms with Crippen molar-refractivity contribution >= 4 is 16.4 Å². The van der Waals surface area contributed by atoms with E-state index in [4.69, 9.17) is 0 Å². The minimum atomic E-state index is -0.147. The van der Waals surface area contributed by atoms with Gasteiger partial charge in [-0.25, -0.2) is 10.1 Å². The number of nitrogens with one attached hydrogen (secondary N) is 1. The molecule has 4 aromatic heterocycles. The van der Waals surface area contributed by atoms with Crippen molar-refractivity contribution in [2.45, 2.75) is 26.8 Å². The monoisotopic (exact) mass is 321 g/mol. The number of aromatic amines is 1. The third kappa shape index (κ3) is 2.60. The van der Waals surface area contributed by atoms with E-state index in [2.05, 4.69) is 29.0 Å². The molecule has 0 aliphatic carbocycles. The molecule has 0 spiro atoms. The van der Waals surface area contributed by atoms with Crippen LogP contribution >= 0.6 is 0 Å². The van der Waals surface area contributed by atoms with Gasteiger partial charge < -0.3 is 8.97 Å². The fourth-order valence-corrected chi connectivity index (χ4v) is 3.04. The van der Waals surface area contributed by atoms with Gasteiger partial charge in [0.2, 0.25) is 0 Å². The topological polar surface area (TPSA) is 68.0 Å². The molecule has 4 rings (SSSR count). The molecule has 4 aromatic rings. The minimum Gasteiger partial charge on any atom is -0.347 e. The van der Waals surface area contributed by atoms with Gasteiger partial charge in [-0.1, -0.05) is 19.9 Å². The number of nitrogens with zero attached hydrogens (tertiary/aromatic N) is 4. The lowest BCUT2D eigenvalue weighted by Crippen LogP contribution is -2.11. The number of H-pyrrole nitrogens is 1. The Morgan fingerprint density at radius 3 is 2.79 bits per heavy atom. The van der Waals surface area contributed by atoms with E-state index < -0.39 is 0 Å². The van der Waals surface area contributed by atoms with Crippen LogP contribution in [0.15, 0.2) is 47.8 Å². The molecule has 0 aliphatic rings. The van der Waals surface area contributed by atoms with Crippen LogP contribution in [0.25, 0.3) is 16.4 Å². The highest BCUT2D eigenvalue weighted by atomic mass is 16.1. The summed E-state index contributed by atoms with van der Waals surface area (Å²) in [7, 11) is 0. The second-order valence-corrected chi connectivity index (χ2v) is 6.55. The van der Waals surface area contributed by atoms with Gasteiger partial charge in [-0.15, -0.1) is 0 Å². The first-order valence-corrected chi connectivity index (χ1v) is 8.10. The van der Waals surface area contributed by atoms with Crippen molar-refractivity contribution in [1.82, 2.24) is 24.1 Å². The molecule has 0 fully saturated rings. The number of pyridine rings is 1. The third-order valence-electron chi connectivity index (χ3n) is 4.09. The number of hydrogen-bond acceptors (Lipinski definition) is 3. The molecule has 4 heterocycles. The maximum absolute atomic E-state index is 12.1. The summed E-state index contributed by atoms with van der Waals surface area (Å²) in [5, 5.41) is 8.45. The van der Waals surface area contributed by atoms with E-state index >= 15 is 0 Å². The SMILES string of the molecule is CC(C)Cc1n[nH]c(=O)c2cn(Cc3cn4ccccc4n3)cc12. The van der Waals surface area contributed by atoms with E-state index in [1.807, 2.05) is 52.0 Å². The quantitative estimate of drug-likeness (QED) is 0.628. The Balaban J connectivity index is 1.74. The van der Waals surface area contributed by atoms with E-state index in [0.717, 1.165) is 28.8 Å². The van der Waals surface area contributed by atoms with Crippen LogP contribution in [0.1, 0.15) is 25.2 Å². The zero-order valence-electron chi connectivity index (χ0n) is 13.7. The maximum atomic E-state index is 12.1. The van der Waals surface area contributed by atoms with Crippen molar-refractivity contribution in [2.24, 2.45) is 5.92 Å². The summed E-state index contributed by atoms with van der Waals surface area (Å²) in [6, 6.07) is 5.93. The van der Waals surface area contributed by atoms with Gasteiger partial charge in [0, 0.05) is 30.2 Å². The zero-order valence-corrected chi connectivity index (χ0v) is 13.7. The molecule has 1 N–H and O–H groups in total. The average molecular weight is 321 g/mol. The van der Waals surface area contributed by atoms with Crippen molar-refractivity contribution in [3.05, 3.63) is 64.7 Å². The lowest BCUT2D eigenvalue weighted by atomic mass is 10.1. The van der Waals surface area contributed by atoms with E-state index in [1.54, 1.807) is 0 Å². The fraction of sp³-hybridized carbons (Fsp3) is 0.278. The molecular weight excluding hydrogens is 302 g/mol. The summed E-state index contributed by atoms with van der Waals surface area (Å²) in [5.41, 5.74) is 2.67. The lowest BCUT2D eigenvalue weighted by Gasteiger charge is -2.04. The standard InChI is InChI=1S/C18H19N5O/c1-12(2)7-16-14-10-22(11-15(14)18(24)21-20-16)8-13-9-23-6-4-3-5-17(23)19-13/h3-6,9-12H,7-8H2,1-2H3,(H,21,24). The molecule has 0 saturated heterocycles. The molecule has 0 radical (unpaired) electrons. The first kappa shape index (κ1) is 14.7. The zero-order chi connectivity index (χ0) is 16.7. The molecule has 24 heavy (non-hydrogen) atoms. The van der Waals surface area contributed by atoms with E-state index in [9.17, 15) is 4.79 Å². The highest BCUT2D eigenvalue weighted by molar-refractivity contribution is 5.83. The van der Waals surface area contributed by atoms with Crippen LogP contribution in [0.3, 0.4) is 0 Å². The normalized spacial score (nSPS) is 11.8. The van der Waals surface area contributed by atoms with Gasteiger partial charge in [0.1, 0.15) is 5.65 Å². The number of fused-ring (bicyclic) bond motifs is 2. The van der Waals surface area contributed by atoms with Crippen molar-refractivity contribution < 1.29 is 0 Å². The fourth-order valence-electron chi connectivity index (χ4n) is 3.04. The minimum absolute atomic E-state index is 0.147. The Labute approximate surface area is 138 Å². The highest BCUT2D eigenvalue weighted by Crippen LogP contribution is 2.18. The molecule has 6 nitrogen and oxygen atoms in total. The third-order valence-corrected chi connectivity index (χ3v) is 4.09. The Hall–Kier alpha value is -2.89. The predicted octanol–water partition coefficient (Wildman–Crippen LogP) is 2.62. The molecule has 0 aliphatic heterocycles. The largest absolute Gasteiger partial charge is 0.347 e. The Morgan fingerprint density at radius 2 is 2.00 bits per heavy atom. The Morgan fingerprint density at radius 1 is 1.17 bits per heavy atom. The molecule has 0 atom stereocenters. The van der Waals surface area contributed by atoms with Gasteiger partial charge in [-0.2, -0.15) is 5.10 Å². The van der Waals surface area contributed by atoms with Gasteiger partial charge in [0.15, 0.2) is 0 Å². The Kier molecular flexibility index (Phi) is 3.45. The van der Waals surface area contributed by atoms with Crippen molar-refractivity contribution in [3.8, 4) is 0 Å². The molecule has 0 unspecified atom stereocenters. The van der Waals surface area contributed by atoms with Gasteiger partial charge in [0.25, 0.3) is 5.56 Å². The summed E-state index contributed by atoms with van der Waals surface area (Å²) in [5.74, 6) is 0.480.